The summed E-state index contributed by atoms with van der Waals surface area (Å²) in [6.07, 6.45) is 5.17. The number of piperidine rings is 1. The van der Waals surface area contributed by atoms with Crippen LogP contribution in [0.1, 0.15) is 81.1 Å². The van der Waals surface area contributed by atoms with Gasteiger partial charge in [-0.15, -0.1) is 0 Å². The lowest BCUT2D eigenvalue weighted by Gasteiger charge is -2.42. The van der Waals surface area contributed by atoms with Crippen LogP contribution in [0, 0.1) is 5.41 Å². The molecule has 3 aliphatic heterocycles. The van der Waals surface area contributed by atoms with Gasteiger partial charge in [0.1, 0.15) is 30.9 Å². The molecule has 4 aliphatic rings. The number of nitrogens with one attached hydrogen (secondary N) is 1. The maximum Gasteiger partial charge on any atom is 0.251 e. The van der Waals surface area contributed by atoms with Gasteiger partial charge in [-0.25, -0.2) is 0 Å². The van der Waals surface area contributed by atoms with E-state index in [9.17, 15) is 19.5 Å². The molecule has 8 heteroatoms. The van der Waals surface area contributed by atoms with Gasteiger partial charge in [0.2, 0.25) is 5.91 Å². The van der Waals surface area contributed by atoms with Gasteiger partial charge >= 0.3 is 0 Å². The lowest BCUT2D eigenvalue weighted by atomic mass is 9.85. The molecular weight excluding hydrogens is 470 g/mol. The lowest BCUT2D eigenvalue weighted by molar-refractivity contribution is -0.138. The largest absolute Gasteiger partial charge is 0.388 e. The van der Waals surface area contributed by atoms with Crippen molar-refractivity contribution in [1.29, 1.82) is 0 Å². The molecule has 1 aliphatic carbocycles. The monoisotopic (exact) mass is 511 g/mol. The summed E-state index contributed by atoms with van der Waals surface area (Å²) in [6, 6.07) is 7.02. The second kappa shape index (κ2) is 10.5. The van der Waals surface area contributed by atoms with Gasteiger partial charge in [-0.05, 0) is 74.2 Å². The number of carbonyl (C=O) groups excluding carboxylic acids is 3. The molecule has 1 aromatic rings. The number of β-amino-alcohol motifs (C(OH)–C–C–N with tert-alkyl or cyclic N) is 1. The molecule has 0 spiro atoms. The van der Waals surface area contributed by atoms with Gasteiger partial charge in [0.05, 0.1) is 6.54 Å². The molecule has 1 unspecified atom stereocenters. The quantitative estimate of drug-likeness (QED) is 0.609. The van der Waals surface area contributed by atoms with Crippen molar-refractivity contribution in [2.45, 2.75) is 95.5 Å². The van der Waals surface area contributed by atoms with Crippen molar-refractivity contribution in [1.82, 2.24) is 15.1 Å². The van der Waals surface area contributed by atoms with E-state index in [1.807, 2.05) is 32.9 Å². The third kappa shape index (κ3) is 5.61. The highest BCUT2D eigenvalue weighted by Crippen LogP contribution is 2.34. The zero-order chi connectivity index (χ0) is 26.3. The zero-order valence-electron chi connectivity index (χ0n) is 22.3. The predicted molar refractivity (Wildman–Crippen MR) is 139 cm³/mol. The fourth-order valence-corrected chi connectivity index (χ4v) is 6.37. The summed E-state index contributed by atoms with van der Waals surface area (Å²) < 4.78 is 5.42. The van der Waals surface area contributed by atoms with Crippen molar-refractivity contribution in [3.63, 3.8) is 0 Å². The molecular formula is C29H41N3O5. The second-order valence-electron chi connectivity index (χ2n) is 12.6. The van der Waals surface area contributed by atoms with Crippen molar-refractivity contribution < 1.29 is 24.2 Å². The number of aliphatic hydroxyl groups is 1. The molecule has 0 radical (unpaired) electrons. The Hall–Kier alpha value is -2.29. The maximum absolute atomic E-state index is 13.6. The Morgan fingerprint density at radius 1 is 1.11 bits per heavy atom. The Morgan fingerprint density at radius 3 is 2.38 bits per heavy atom. The van der Waals surface area contributed by atoms with Crippen LogP contribution >= 0.6 is 0 Å². The molecule has 8 nitrogen and oxygen atoms in total. The van der Waals surface area contributed by atoms with E-state index < -0.39 is 24.3 Å². The number of carbonyl (C=O) groups is 3. The number of fused-ring (bicyclic) bond motifs is 1. The van der Waals surface area contributed by atoms with Gasteiger partial charge in [0, 0.05) is 11.6 Å². The van der Waals surface area contributed by atoms with E-state index in [0.29, 0.717) is 17.9 Å². The number of hydrogen-bond acceptors (Lipinski definition) is 6. The smallest absolute Gasteiger partial charge is 0.251 e. The molecule has 2 amide bonds. The summed E-state index contributed by atoms with van der Waals surface area (Å²) in [5, 5.41) is 13.3. The molecule has 3 saturated heterocycles. The van der Waals surface area contributed by atoms with Crippen LogP contribution in [0.3, 0.4) is 0 Å². The number of ether oxygens (including phenoxy) is 1. The van der Waals surface area contributed by atoms with Crippen molar-refractivity contribution >= 4 is 17.6 Å². The van der Waals surface area contributed by atoms with Crippen LogP contribution in [0.2, 0.25) is 0 Å². The summed E-state index contributed by atoms with van der Waals surface area (Å²) in [4.78, 5) is 43.2. The number of ketones is 1. The molecule has 1 saturated carbocycles. The van der Waals surface area contributed by atoms with E-state index in [-0.39, 0.29) is 36.2 Å². The summed E-state index contributed by atoms with van der Waals surface area (Å²) in [7, 11) is 0. The van der Waals surface area contributed by atoms with Gasteiger partial charge in [0.25, 0.3) is 5.91 Å². The molecule has 4 fully saturated rings. The molecule has 0 bridgehead atoms. The fraction of sp³-hybridized carbons (Fsp3) is 0.690. The highest BCUT2D eigenvalue weighted by molar-refractivity contribution is 5.99. The summed E-state index contributed by atoms with van der Waals surface area (Å²) >= 11 is 0. The number of benzene rings is 1. The van der Waals surface area contributed by atoms with Crippen LogP contribution in [-0.2, 0) is 14.3 Å². The number of hydrogen-bond donors (Lipinski definition) is 2. The molecule has 0 aromatic heterocycles. The Kier molecular flexibility index (Phi) is 7.44. The normalized spacial score (nSPS) is 28.2. The number of nitrogens with zero attached hydrogens (tertiary/aromatic N) is 2. The maximum atomic E-state index is 13.6. The first-order chi connectivity index (χ1) is 17.6. The van der Waals surface area contributed by atoms with Crippen molar-refractivity contribution in [2.24, 2.45) is 5.41 Å². The summed E-state index contributed by atoms with van der Waals surface area (Å²) in [5.74, 6) is -0.336. The molecule has 37 heavy (non-hydrogen) atoms. The van der Waals surface area contributed by atoms with Crippen LogP contribution in [0.15, 0.2) is 24.3 Å². The minimum atomic E-state index is -0.903. The second-order valence-corrected chi connectivity index (χ2v) is 12.6. The first kappa shape index (κ1) is 26.3. The highest BCUT2D eigenvalue weighted by atomic mass is 16.5. The third-order valence-corrected chi connectivity index (χ3v) is 8.63. The van der Waals surface area contributed by atoms with E-state index in [4.69, 9.17) is 4.74 Å². The number of amides is 2. The number of likely N-dealkylation sites (tertiary alicyclic amines) is 2. The zero-order valence-corrected chi connectivity index (χ0v) is 22.3. The first-order valence-electron chi connectivity index (χ1n) is 13.9. The van der Waals surface area contributed by atoms with E-state index in [1.54, 1.807) is 0 Å². The molecule has 1 aromatic carbocycles. The van der Waals surface area contributed by atoms with Gasteiger partial charge in [-0.1, -0.05) is 39.3 Å². The van der Waals surface area contributed by atoms with Gasteiger partial charge in [-0.2, -0.15) is 0 Å². The van der Waals surface area contributed by atoms with Crippen molar-refractivity contribution in [3.8, 4) is 0 Å². The number of rotatable bonds is 6. The standard InChI is InChI=1S/C29H41N3O5/c1-29(2,3)15-22(28(36)32-16-23(33)26-25(32)24(34)17-37-26)30-27(35)20-9-7-18(8-10-20)19-11-13-31(14-12-19)21-5-4-6-21/h7-10,19,21-23,25-26,33H,4-6,11-17H2,1-3H3,(H,30,35)/t22?,23-,25-,26-/m1/s1. The van der Waals surface area contributed by atoms with Crippen LogP contribution in [0.5, 0.6) is 0 Å². The van der Waals surface area contributed by atoms with Gasteiger partial charge in [0.15, 0.2) is 5.78 Å². The molecule has 202 valence electrons. The lowest BCUT2D eigenvalue weighted by Crippen LogP contribution is -2.53. The third-order valence-electron chi connectivity index (χ3n) is 8.63. The molecule has 4 atom stereocenters. The predicted octanol–water partition coefficient (Wildman–Crippen LogP) is 2.49. The molecule has 3 heterocycles. The van der Waals surface area contributed by atoms with Crippen LogP contribution < -0.4 is 5.32 Å². The summed E-state index contributed by atoms with van der Waals surface area (Å²) in [6.45, 7) is 8.26. The topological polar surface area (TPSA) is 99.2 Å². The van der Waals surface area contributed by atoms with Crippen LogP contribution in [0.4, 0.5) is 0 Å². The highest BCUT2D eigenvalue weighted by Gasteiger charge is 2.53. The van der Waals surface area contributed by atoms with Gasteiger partial charge < -0.3 is 25.0 Å². The van der Waals surface area contributed by atoms with Crippen molar-refractivity contribution in [2.75, 3.05) is 26.2 Å². The number of Topliss-reactive ketones (excluding diaryl/α,β-unsaturated/α-hetero) is 1. The summed E-state index contributed by atoms with van der Waals surface area (Å²) in [5.41, 5.74) is 1.55. The molecule has 2 N–H and O–H groups in total. The first-order valence-corrected chi connectivity index (χ1v) is 13.9. The fourth-order valence-electron chi connectivity index (χ4n) is 6.37. The molecule has 5 rings (SSSR count). The average Bonchev–Trinajstić information content (AvgIpc) is 3.37. The van der Waals surface area contributed by atoms with Gasteiger partial charge in [-0.3, -0.25) is 14.4 Å². The minimum Gasteiger partial charge on any atom is -0.388 e. The number of aliphatic hydroxyl groups excluding tert-OH is 1. The van der Waals surface area contributed by atoms with Crippen LogP contribution in [0.25, 0.3) is 0 Å². The average molecular weight is 512 g/mol. The van der Waals surface area contributed by atoms with E-state index in [2.05, 4.69) is 22.3 Å². The SMILES string of the molecule is CC(C)(C)CC(NC(=O)c1ccc(C2CCN(C3CCC3)CC2)cc1)C(=O)N1C[C@@H](O)[C@H]2OCC(=O)[C@H]21. The van der Waals surface area contributed by atoms with E-state index >= 15 is 0 Å². The Balaban J connectivity index is 1.24. The van der Waals surface area contributed by atoms with E-state index in [0.717, 1.165) is 32.0 Å². The van der Waals surface area contributed by atoms with Crippen LogP contribution in [-0.4, -0.2) is 89.1 Å². The Bertz CT molecular complexity index is 1010. The minimum absolute atomic E-state index is 0.0324. The Morgan fingerprint density at radius 2 is 1.78 bits per heavy atom. The Labute approximate surface area is 219 Å². The van der Waals surface area contributed by atoms with E-state index in [1.165, 1.54) is 29.7 Å². The van der Waals surface area contributed by atoms with Crippen molar-refractivity contribution in [3.05, 3.63) is 35.4 Å².